The molecule has 0 fully saturated rings. The molecule has 0 aliphatic heterocycles. The minimum Gasteiger partial charge on any atom is -0.321 e. The topological polar surface area (TPSA) is 43.1 Å². The van der Waals surface area contributed by atoms with Gasteiger partial charge < -0.3 is 5.73 Å². The zero-order valence-corrected chi connectivity index (χ0v) is 11.6. The smallest absolute Gasteiger partial charge is 0.154 e. The van der Waals surface area contributed by atoms with Crippen molar-refractivity contribution < 1.29 is 9.18 Å². The maximum Gasteiger partial charge on any atom is 0.154 e. The number of halogens is 2. The van der Waals surface area contributed by atoms with Gasteiger partial charge >= 0.3 is 0 Å². The van der Waals surface area contributed by atoms with Gasteiger partial charge in [-0.2, -0.15) is 0 Å². The first-order valence-electron chi connectivity index (χ1n) is 5.68. The largest absolute Gasteiger partial charge is 0.321 e. The van der Waals surface area contributed by atoms with Crippen LogP contribution in [0.3, 0.4) is 0 Å². The van der Waals surface area contributed by atoms with Crippen molar-refractivity contribution in [1.82, 2.24) is 0 Å². The van der Waals surface area contributed by atoms with Crippen LogP contribution in [0.5, 0.6) is 0 Å². The van der Waals surface area contributed by atoms with Gasteiger partial charge in [-0.15, -0.1) is 0 Å². The van der Waals surface area contributed by atoms with Crippen LogP contribution in [0.1, 0.15) is 25.8 Å². The van der Waals surface area contributed by atoms with Gasteiger partial charge in [0.05, 0.1) is 6.04 Å². The minimum atomic E-state index is -0.447. The number of carbonyl (C=O) groups is 1. The zero-order chi connectivity index (χ0) is 13.0. The second-order valence-electron chi connectivity index (χ2n) is 4.29. The van der Waals surface area contributed by atoms with Crippen molar-refractivity contribution in [2.24, 2.45) is 11.7 Å². The van der Waals surface area contributed by atoms with E-state index >= 15 is 0 Å². The van der Waals surface area contributed by atoms with E-state index in [1.165, 1.54) is 12.1 Å². The Morgan fingerprint density at radius 1 is 1.53 bits per heavy atom. The van der Waals surface area contributed by atoms with E-state index in [1.54, 1.807) is 6.07 Å². The van der Waals surface area contributed by atoms with E-state index in [2.05, 4.69) is 15.9 Å². The summed E-state index contributed by atoms with van der Waals surface area (Å²) in [5, 5.41) is 0. The SMILES string of the molecule is CCC(C)C(N)C(=O)Cc1ccc(F)cc1Br. The molecule has 0 aliphatic rings. The molecule has 0 spiro atoms. The highest BCUT2D eigenvalue weighted by molar-refractivity contribution is 9.10. The summed E-state index contributed by atoms with van der Waals surface area (Å²) in [7, 11) is 0. The molecule has 0 saturated heterocycles. The molecule has 0 radical (unpaired) electrons. The van der Waals surface area contributed by atoms with Crippen LogP contribution in [0.4, 0.5) is 4.39 Å². The first kappa shape index (κ1) is 14.3. The maximum atomic E-state index is 12.9. The molecule has 2 N–H and O–H groups in total. The predicted octanol–water partition coefficient (Wildman–Crippen LogP) is 3.07. The summed E-state index contributed by atoms with van der Waals surface area (Å²) < 4.78 is 13.5. The van der Waals surface area contributed by atoms with Crippen LogP contribution in [0.2, 0.25) is 0 Å². The van der Waals surface area contributed by atoms with Crippen LogP contribution in [0, 0.1) is 11.7 Å². The zero-order valence-electron chi connectivity index (χ0n) is 10.0. The van der Waals surface area contributed by atoms with Crippen LogP contribution in [0.15, 0.2) is 22.7 Å². The molecule has 4 heteroatoms. The second kappa shape index (κ2) is 6.26. The molecular weight excluding hydrogens is 285 g/mol. The van der Waals surface area contributed by atoms with Gasteiger partial charge in [0.2, 0.25) is 0 Å². The Morgan fingerprint density at radius 2 is 2.18 bits per heavy atom. The first-order chi connectivity index (χ1) is 7.95. The molecule has 0 aliphatic carbocycles. The quantitative estimate of drug-likeness (QED) is 0.908. The van der Waals surface area contributed by atoms with E-state index < -0.39 is 6.04 Å². The number of benzene rings is 1. The van der Waals surface area contributed by atoms with E-state index in [-0.39, 0.29) is 23.9 Å². The van der Waals surface area contributed by atoms with Crippen LogP contribution in [0.25, 0.3) is 0 Å². The molecule has 0 aromatic heterocycles. The average molecular weight is 302 g/mol. The Hall–Kier alpha value is -0.740. The number of rotatable bonds is 5. The lowest BCUT2D eigenvalue weighted by Gasteiger charge is -2.17. The summed E-state index contributed by atoms with van der Waals surface area (Å²) >= 11 is 3.25. The standard InChI is InChI=1S/C13H17BrFNO/c1-3-8(2)13(16)12(17)6-9-4-5-10(15)7-11(9)14/h4-5,7-8,13H,3,6,16H2,1-2H3. The van der Waals surface area contributed by atoms with Crippen LogP contribution in [-0.4, -0.2) is 11.8 Å². The van der Waals surface area contributed by atoms with E-state index in [0.29, 0.717) is 4.47 Å². The van der Waals surface area contributed by atoms with Gasteiger partial charge in [0, 0.05) is 10.9 Å². The van der Waals surface area contributed by atoms with E-state index in [1.807, 2.05) is 13.8 Å². The van der Waals surface area contributed by atoms with Crippen LogP contribution in [-0.2, 0) is 11.2 Å². The van der Waals surface area contributed by atoms with Gasteiger partial charge in [-0.3, -0.25) is 4.79 Å². The molecule has 94 valence electrons. The highest BCUT2D eigenvalue weighted by Gasteiger charge is 2.20. The second-order valence-corrected chi connectivity index (χ2v) is 5.14. The summed E-state index contributed by atoms with van der Waals surface area (Å²) in [5.74, 6) is -0.160. The fourth-order valence-electron chi connectivity index (χ4n) is 1.54. The van der Waals surface area contributed by atoms with E-state index in [4.69, 9.17) is 5.73 Å². The molecule has 0 saturated carbocycles. The molecule has 2 atom stereocenters. The Labute approximate surface area is 110 Å². The van der Waals surface area contributed by atoms with Crippen molar-refractivity contribution in [3.8, 4) is 0 Å². The summed E-state index contributed by atoms with van der Waals surface area (Å²) in [6.45, 7) is 3.97. The number of nitrogens with two attached hydrogens (primary N) is 1. The Morgan fingerprint density at radius 3 is 2.71 bits per heavy atom. The predicted molar refractivity (Wildman–Crippen MR) is 70.2 cm³/mol. The third-order valence-electron chi connectivity index (χ3n) is 3.01. The van der Waals surface area contributed by atoms with E-state index in [9.17, 15) is 9.18 Å². The number of ketones is 1. The summed E-state index contributed by atoms with van der Waals surface area (Å²) in [6, 6.07) is 3.87. The van der Waals surface area contributed by atoms with Crippen molar-refractivity contribution in [3.63, 3.8) is 0 Å². The third-order valence-corrected chi connectivity index (χ3v) is 3.75. The molecule has 2 unspecified atom stereocenters. The Bertz CT molecular complexity index is 408. The van der Waals surface area contributed by atoms with Crippen molar-refractivity contribution in [2.45, 2.75) is 32.7 Å². The lowest BCUT2D eigenvalue weighted by molar-refractivity contribution is -0.120. The molecule has 1 aromatic carbocycles. The van der Waals surface area contributed by atoms with Gasteiger partial charge in [-0.05, 0) is 23.6 Å². The van der Waals surface area contributed by atoms with E-state index in [0.717, 1.165) is 12.0 Å². The number of hydrogen-bond acceptors (Lipinski definition) is 2. The average Bonchev–Trinajstić information content (AvgIpc) is 2.30. The fraction of sp³-hybridized carbons (Fsp3) is 0.462. The molecular formula is C13H17BrFNO. The normalized spacial score (nSPS) is 14.4. The maximum absolute atomic E-state index is 12.9. The Balaban J connectivity index is 2.74. The first-order valence-corrected chi connectivity index (χ1v) is 6.47. The summed E-state index contributed by atoms with van der Waals surface area (Å²) in [6.07, 6.45) is 1.11. The number of hydrogen-bond donors (Lipinski definition) is 1. The van der Waals surface area contributed by atoms with Crippen LogP contribution >= 0.6 is 15.9 Å². The minimum absolute atomic E-state index is 0.00772. The molecule has 2 nitrogen and oxygen atoms in total. The number of carbonyl (C=O) groups excluding carboxylic acids is 1. The monoisotopic (exact) mass is 301 g/mol. The molecule has 0 amide bonds. The van der Waals surface area contributed by atoms with Crippen molar-refractivity contribution in [3.05, 3.63) is 34.1 Å². The van der Waals surface area contributed by atoms with Crippen molar-refractivity contribution >= 4 is 21.7 Å². The molecule has 0 bridgehead atoms. The lowest BCUT2D eigenvalue weighted by Crippen LogP contribution is -2.37. The molecule has 17 heavy (non-hydrogen) atoms. The van der Waals surface area contributed by atoms with Crippen LogP contribution < -0.4 is 5.73 Å². The fourth-order valence-corrected chi connectivity index (χ4v) is 2.03. The van der Waals surface area contributed by atoms with Gasteiger partial charge in [0.1, 0.15) is 5.82 Å². The Kier molecular flexibility index (Phi) is 5.28. The molecule has 1 aromatic rings. The summed E-state index contributed by atoms with van der Waals surface area (Å²) in [4.78, 5) is 11.9. The van der Waals surface area contributed by atoms with Crippen molar-refractivity contribution in [1.29, 1.82) is 0 Å². The lowest BCUT2D eigenvalue weighted by atomic mass is 9.93. The third kappa shape index (κ3) is 3.89. The molecule has 0 heterocycles. The van der Waals surface area contributed by atoms with Gasteiger partial charge in [-0.25, -0.2) is 4.39 Å². The highest BCUT2D eigenvalue weighted by atomic mass is 79.9. The van der Waals surface area contributed by atoms with Gasteiger partial charge in [0.15, 0.2) is 5.78 Å². The summed E-state index contributed by atoms with van der Waals surface area (Å²) in [5.41, 5.74) is 6.63. The van der Waals surface area contributed by atoms with Gasteiger partial charge in [-0.1, -0.05) is 42.3 Å². The number of Topliss-reactive ketones (excluding diaryl/α,β-unsaturated/α-hetero) is 1. The molecule has 1 rings (SSSR count). The van der Waals surface area contributed by atoms with Crippen molar-refractivity contribution in [2.75, 3.05) is 0 Å². The van der Waals surface area contributed by atoms with Gasteiger partial charge in [0.25, 0.3) is 0 Å². The highest BCUT2D eigenvalue weighted by Crippen LogP contribution is 2.20.